The topological polar surface area (TPSA) is 342 Å². The van der Waals surface area contributed by atoms with E-state index in [-0.39, 0.29) is 117 Å². The molecule has 0 fully saturated rings. The van der Waals surface area contributed by atoms with E-state index in [0.29, 0.717) is 39.3 Å². The molecule has 0 spiro atoms. The Bertz CT molecular complexity index is 1420. The third-order valence-electron chi connectivity index (χ3n) is 6.07. The molecule has 375 valence electrons. The van der Waals surface area contributed by atoms with Gasteiger partial charge in [-0.3, -0.25) is 0 Å². The quantitative estimate of drug-likeness (QED) is 0.0624. The fraction of sp³-hybridized carbons (Fsp3) is 0.450. The van der Waals surface area contributed by atoms with Crippen molar-refractivity contribution in [2.75, 3.05) is 78.9 Å². The molecule has 0 unspecified atom stereocenters. The van der Waals surface area contributed by atoms with Crippen LogP contribution in [0, 0.1) is 22.7 Å². The van der Waals surface area contributed by atoms with Gasteiger partial charge in [0.1, 0.15) is 0 Å². The van der Waals surface area contributed by atoms with Gasteiger partial charge in [-0.15, -0.1) is 58.6 Å². The summed E-state index contributed by atoms with van der Waals surface area (Å²) in [5.74, 6) is -4.06. The first-order valence-electron chi connectivity index (χ1n) is 18.2. The predicted octanol–water partition coefficient (Wildman–Crippen LogP) is -3.52. The molecular weight excluding hydrogens is 1080 g/mol. The second-order valence-corrected chi connectivity index (χ2v) is 15.1. The standard InChI is InChI=1S/2C6H14NO3.4C6H6O2S.2C2H3N.3Cu/c2*8-4-1-7(2-5-9)3-6-10;4*7-6(8)4-5-2-1-3-9-5;2*1-2-3;;;/h2*8-9H,1-6H2;4*1-3H,4H2,(H,7,8);2*1H3;;;/q2*-1;;;;;;;3*+2/p-4. The van der Waals surface area contributed by atoms with Crippen LogP contribution in [0.3, 0.4) is 0 Å². The fourth-order valence-corrected chi connectivity index (χ4v) is 6.48. The summed E-state index contributed by atoms with van der Waals surface area (Å²) in [6, 6.07) is 17.9. The Hall–Kier alpha value is -3.10. The van der Waals surface area contributed by atoms with E-state index in [1.54, 1.807) is 46.2 Å². The Morgan fingerprint density at radius 3 is 0.769 bits per heavy atom. The van der Waals surface area contributed by atoms with Gasteiger partial charge < -0.3 is 80.0 Å². The molecule has 4 aromatic heterocycles. The molecule has 4 N–H and O–H groups in total. The van der Waals surface area contributed by atoms with Crippen molar-refractivity contribution >= 4 is 69.2 Å². The minimum absolute atomic E-state index is 0. The van der Waals surface area contributed by atoms with Crippen LogP contribution in [0.1, 0.15) is 33.4 Å². The first-order chi connectivity index (χ1) is 29.7. The van der Waals surface area contributed by atoms with Crippen LogP contribution in [0.25, 0.3) is 0 Å². The van der Waals surface area contributed by atoms with Crippen molar-refractivity contribution in [1.29, 1.82) is 10.5 Å². The molecule has 65 heavy (non-hydrogen) atoms. The fourth-order valence-electron chi connectivity index (χ4n) is 3.72. The van der Waals surface area contributed by atoms with E-state index >= 15 is 0 Å². The van der Waals surface area contributed by atoms with Crippen LogP contribution in [0.5, 0.6) is 0 Å². The van der Waals surface area contributed by atoms with Crippen molar-refractivity contribution in [2.45, 2.75) is 39.5 Å². The van der Waals surface area contributed by atoms with Gasteiger partial charge in [0.2, 0.25) is 0 Å². The maximum absolute atomic E-state index is 10.1. The smallest absolute Gasteiger partial charge is 0.854 e. The average molecular weight is 1130 g/mol. The number of carboxylic acids is 4. The molecule has 0 aliphatic heterocycles. The van der Waals surface area contributed by atoms with E-state index in [1.807, 2.05) is 45.8 Å². The molecule has 3 radical (unpaired) electrons. The van der Waals surface area contributed by atoms with Crippen molar-refractivity contribution < 1.29 is 121 Å². The molecular formula is C40H54Cu3N4O14S4. The number of carboxylic acid groups (broad SMARTS) is 4. The van der Waals surface area contributed by atoms with Crippen LogP contribution in [0.4, 0.5) is 0 Å². The van der Waals surface area contributed by atoms with Gasteiger partial charge in [-0.1, -0.05) is 24.3 Å². The largest absolute Gasteiger partial charge is 2.00 e. The van der Waals surface area contributed by atoms with Crippen LogP contribution in [0.15, 0.2) is 70.1 Å². The summed E-state index contributed by atoms with van der Waals surface area (Å²) in [5, 5.41) is 116. The van der Waals surface area contributed by atoms with Gasteiger partial charge in [0.15, 0.2) is 0 Å². The van der Waals surface area contributed by atoms with Gasteiger partial charge in [-0.05, 0) is 58.9 Å². The Balaban J connectivity index is -0.000000120. The number of aliphatic hydroxyl groups excluding tert-OH is 4. The van der Waals surface area contributed by atoms with Gasteiger partial charge in [0.25, 0.3) is 0 Å². The predicted molar refractivity (Wildman–Crippen MR) is 226 cm³/mol. The van der Waals surface area contributed by atoms with Crippen LogP contribution in [0.2, 0.25) is 0 Å². The third kappa shape index (κ3) is 60.9. The number of aliphatic carboxylic acids is 4. The molecule has 0 saturated carbocycles. The summed E-state index contributed by atoms with van der Waals surface area (Å²) in [6.45, 7) is 5.37. The summed E-state index contributed by atoms with van der Waals surface area (Å²) in [4.78, 5) is 46.7. The monoisotopic (exact) mass is 1130 g/mol. The van der Waals surface area contributed by atoms with E-state index in [4.69, 9.17) is 30.9 Å². The molecule has 18 nitrogen and oxygen atoms in total. The van der Waals surface area contributed by atoms with Crippen molar-refractivity contribution in [3.05, 3.63) is 89.6 Å². The number of carbonyl (C=O) groups excluding carboxylic acids is 4. The van der Waals surface area contributed by atoms with Crippen LogP contribution >= 0.6 is 45.3 Å². The SMILES string of the molecule is CC#N.CC#N.O=C([O-])Cc1cccs1.O=C([O-])Cc1cccs1.O=C([O-])Cc1cccs1.O=C([O-])Cc1cccs1.[Cu+2].[Cu+2].[Cu+2].[O-]CCN(CCO)CCO.[O-]CCN(CCO)CCO. The molecule has 0 atom stereocenters. The molecule has 0 bridgehead atoms. The number of aliphatic hydroxyl groups is 4. The summed E-state index contributed by atoms with van der Waals surface area (Å²) in [6.07, 6.45) is 0.157. The average Bonchev–Trinajstić information content (AvgIpc) is 4.05. The Morgan fingerprint density at radius 1 is 0.477 bits per heavy atom. The van der Waals surface area contributed by atoms with Gasteiger partial charge in [0.05, 0.1) is 38.6 Å². The van der Waals surface area contributed by atoms with Crippen molar-refractivity contribution in [1.82, 2.24) is 9.80 Å². The van der Waals surface area contributed by atoms with E-state index in [2.05, 4.69) is 0 Å². The zero-order valence-electron chi connectivity index (χ0n) is 35.4. The van der Waals surface area contributed by atoms with Crippen LogP contribution in [-0.2, 0) is 96.1 Å². The molecule has 4 aromatic rings. The second kappa shape index (κ2) is 58.9. The van der Waals surface area contributed by atoms with Crippen LogP contribution < -0.4 is 30.6 Å². The summed E-state index contributed by atoms with van der Waals surface area (Å²) in [5.41, 5.74) is 0. The molecule has 0 aromatic carbocycles. The summed E-state index contributed by atoms with van der Waals surface area (Å²) >= 11 is 5.72. The van der Waals surface area contributed by atoms with Gasteiger partial charge in [0, 0.05) is 109 Å². The number of rotatable bonds is 20. The number of nitrogens with zero attached hydrogens (tertiary/aromatic N) is 4. The number of thiophene rings is 4. The zero-order valence-corrected chi connectivity index (χ0v) is 41.5. The van der Waals surface area contributed by atoms with Crippen molar-refractivity contribution in [3.8, 4) is 12.1 Å². The van der Waals surface area contributed by atoms with E-state index in [1.165, 1.54) is 59.2 Å². The Kier molecular flexibility index (Phi) is 69.0. The molecule has 0 aliphatic rings. The second-order valence-electron chi connectivity index (χ2n) is 10.9. The maximum atomic E-state index is 10.1. The Morgan fingerprint density at radius 2 is 0.662 bits per heavy atom. The summed E-state index contributed by atoms with van der Waals surface area (Å²) in [7, 11) is 0. The third-order valence-corrected chi connectivity index (χ3v) is 9.58. The van der Waals surface area contributed by atoms with Crippen molar-refractivity contribution in [3.63, 3.8) is 0 Å². The molecule has 0 amide bonds. The molecule has 25 heteroatoms. The van der Waals surface area contributed by atoms with E-state index in [0.717, 1.165) is 19.5 Å². The van der Waals surface area contributed by atoms with Crippen LogP contribution in [-0.4, -0.2) is 133 Å². The molecule has 4 rings (SSSR count). The van der Waals surface area contributed by atoms with Gasteiger partial charge in [-0.25, -0.2) is 0 Å². The zero-order chi connectivity index (χ0) is 47.8. The molecule has 4 heterocycles. The summed E-state index contributed by atoms with van der Waals surface area (Å²) < 4.78 is 0. The van der Waals surface area contributed by atoms with E-state index < -0.39 is 23.9 Å². The molecule has 0 saturated heterocycles. The first kappa shape index (κ1) is 76.2. The Labute approximate surface area is 428 Å². The minimum Gasteiger partial charge on any atom is -0.854 e. The van der Waals surface area contributed by atoms with Crippen molar-refractivity contribution in [2.24, 2.45) is 0 Å². The number of hydrogen-bond donors (Lipinski definition) is 4. The first-order valence-corrected chi connectivity index (χ1v) is 21.7. The maximum Gasteiger partial charge on any atom is 2.00 e. The number of hydrogen-bond acceptors (Lipinski definition) is 22. The number of nitriles is 2. The van der Waals surface area contributed by atoms with Gasteiger partial charge >= 0.3 is 51.2 Å². The van der Waals surface area contributed by atoms with E-state index in [9.17, 15) is 49.8 Å². The normalized spacial score (nSPS) is 8.74. The minimum atomic E-state index is -1.02. The number of carbonyl (C=O) groups is 4. The molecule has 0 aliphatic carbocycles. The van der Waals surface area contributed by atoms with Gasteiger partial charge in [-0.2, -0.15) is 10.5 Å².